The van der Waals surface area contributed by atoms with E-state index in [9.17, 15) is 17.6 Å². The van der Waals surface area contributed by atoms with Crippen molar-refractivity contribution in [2.24, 2.45) is 5.92 Å². The Morgan fingerprint density at radius 1 is 1.33 bits per heavy atom. The Labute approximate surface area is 105 Å². The predicted octanol–water partition coefficient (Wildman–Crippen LogP) is 1.50. The van der Waals surface area contributed by atoms with Gasteiger partial charge < -0.3 is 5.11 Å². The topological polar surface area (TPSA) is 71.4 Å². The first kappa shape index (κ1) is 14.6. The van der Waals surface area contributed by atoms with Gasteiger partial charge in [0.1, 0.15) is 15.7 Å². The number of benzene rings is 1. The number of carboxylic acids is 1. The van der Waals surface area contributed by atoms with Gasteiger partial charge in [0.15, 0.2) is 0 Å². The summed E-state index contributed by atoms with van der Waals surface area (Å²) in [6.45, 7) is 0. The first-order chi connectivity index (χ1) is 8.28. The van der Waals surface area contributed by atoms with Crippen molar-refractivity contribution in [3.63, 3.8) is 0 Å². The molecule has 0 spiro atoms. The first-order valence-corrected chi connectivity index (χ1v) is 7.49. The maximum Gasteiger partial charge on any atom is 0.306 e. The summed E-state index contributed by atoms with van der Waals surface area (Å²) in [6.07, 6.45) is 1.33. The molecule has 0 aliphatic rings. The molecule has 18 heavy (non-hydrogen) atoms. The van der Waals surface area contributed by atoms with E-state index in [-0.39, 0.29) is 24.4 Å². The molecule has 1 aromatic rings. The van der Waals surface area contributed by atoms with Gasteiger partial charge in [0.25, 0.3) is 0 Å². The van der Waals surface area contributed by atoms with Crippen LogP contribution in [0.3, 0.4) is 0 Å². The van der Waals surface area contributed by atoms with Gasteiger partial charge in [0, 0.05) is 6.26 Å². The van der Waals surface area contributed by atoms with Crippen molar-refractivity contribution in [3.8, 4) is 0 Å². The molecule has 6 heteroatoms. The van der Waals surface area contributed by atoms with Gasteiger partial charge in [-0.3, -0.25) is 4.79 Å². The maximum absolute atomic E-state index is 12.7. The summed E-state index contributed by atoms with van der Waals surface area (Å²) in [5, 5.41) is 9.02. The highest BCUT2D eigenvalue weighted by atomic mass is 32.2. The number of hydrogen-bond donors (Lipinski definition) is 1. The molecule has 0 saturated heterocycles. The molecule has 1 rings (SSSR count). The highest BCUT2D eigenvalue weighted by Crippen LogP contribution is 2.14. The van der Waals surface area contributed by atoms with E-state index < -0.39 is 21.7 Å². The Hall–Kier alpha value is -1.43. The van der Waals surface area contributed by atoms with Crippen LogP contribution in [-0.4, -0.2) is 31.5 Å². The third kappa shape index (κ3) is 5.27. The number of rotatable bonds is 6. The Balaban J connectivity index is 2.69. The van der Waals surface area contributed by atoms with E-state index in [1.54, 1.807) is 0 Å². The molecule has 0 radical (unpaired) electrons. The van der Waals surface area contributed by atoms with Gasteiger partial charge in [-0.2, -0.15) is 0 Å². The molecule has 4 nitrogen and oxygen atoms in total. The predicted molar refractivity (Wildman–Crippen MR) is 65.6 cm³/mol. The molecular formula is C12H15FO4S. The minimum absolute atomic E-state index is 0.0611. The summed E-state index contributed by atoms with van der Waals surface area (Å²) in [7, 11) is -3.18. The zero-order valence-corrected chi connectivity index (χ0v) is 10.8. The van der Waals surface area contributed by atoms with Crippen molar-refractivity contribution >= 4 is 15.8 Å². The molecule has 0 fully saturated rings. The Bertz CT molecular complexity index is 507. The molecule has 0 bridgehead atoms. The summed E-state index contributed by atoms with van der Waals surface area (Å²) >= 11 is 0. The molecule has 0 aliphatic heterocycles. The van der Waals surface area contributed by atoms with E-state index in [0.717, 1.165) is 6.26 Å². The molecule has 0 aliphatic carbocycles. The lowest BCUT2D eigenvalue weighted by Gasteiger charge is -2.11. The van der Waals surface area contributed by atoms with Gasteiger partial charge in [0.2, 0.25) is 0 Å². The van der Waals surface area contributed by atoms with E-state index in [2.05, 4.69) is 0 Å². The number of aliphatic carboxylic acids is 1. The largest absolute Gasteiger partial charge is 0.481 e. The van der Waals surface area contributed by atoms with E-state index in [0.29, 0.717) is 5.56 Å². The van der Waals surface area contributed by atoms with Crippen LogP contribution in [0.1, 0.15) is 12.0 Å². The lowest BCUT2D eigenvalue weighted by Crippen LogP contribution is -2.20. The van der Waals surface area contributed by atoms with Crippen molar-refractivity contribution in [1.82, 2.24) is 0 Å². The third-order valence-corrected chi connectivity index (χ3v) is 3.56. The third-order valence-electron chi connectivity index (χ3n) is 2.58. The molecule has 0 heterocycles. The SMILES string of the molecule is CS(=O)(=O)CCC(Cc1ccc(F)cc1)C(=O)O. The Morgan fingerprint density at radius 3 is 2.33 bits per heavy atom. The van der Waals surface area contributed by atoms with Crippen LogP contribution < -0.4 is 0 Å². The lowest BCUT2D eigenvalue weighted by molar-refractivity contribution is -0.141. The van der Waals surface area contributed by atoms with Crippen LogP contribution in [-0.2, 0) is 21.1 Å². The molecule has 1 N–H and O–H groups in total. The highest BCUT2D eigenvalue weighted by molar-refractivity contribution is 7.90. The molecule has 1 unspecified atom stereocenters. The van der Waals surface area contributed by atoms with Gasteiger partial charge in [-0.05, 0) is 30.5 Å². The molecule has 0 aromatic heterocycles. The fourth-order valence-electron chi connectivity index (χ4n) is 1.57. The van der Waals surface area contributed by atoms with Crippen molar-refractivity contribution < 1.29 is 22.7 Å². The average molecular weight is 274 g/mol. The minimum Gasteiger partial charge on any atom is -0.481 e. The van der Waals surface area contributed by atoms with Crippen LogP contribution in [0.5, 0.6) is 0 Å². The second kappa shape index (κ2) is 5.95. The Morgan fingerprint density at radius 2 is 1.89 bits per heavy atom. The lowest BCUT2D eigenvalue weighted by atomic mass is 9.97. The van der Waals surface area contributed by atoms with Crippen molar-refractivity contribution in [1.29, 1.82) is 0 Å². The number of sulfone groups is 1. The first-order valence-electron chi connectivity index (χ1n) is 5.43. The smallest absolute Gasteiger partial charge is 0.306 e. The quantitative estimate of drug-likeness (QED) is 0.853. The van der Waals surface area contributed by atoms with Gasteiger partial charge >= 0.3 is 5.97 Å². The molecule has 1 aromatic carbocycles. The van der Waals surface area contributed by atoms with Crippen molar-refractivity contribution in [2.45, 2.75) is 12.8 Å². The molecule has 1 atom stereocenters. The van der Waals surface area contributed by atoms with Crippen LogP contribution in [0.25, 0.3) is 0 Å². The highest BCUT2D eigenvalue weighted by Gasteiger charge is 2.20. The second-order valence-corrected chi connectivity index (χ2v) is 6.54. The van der Waals surface area contributed by atoms with Crippen LogP contribution in [0, 0.1) is 11.7 Å². The second-order valence-electron chi connectivity index (χ2n) is 4.28. The van der Waals surface area contributed by atoms with Crippen molar-refractivity contribution in [3.05, 3.63) is 35.6 Å². The molecule has 0 saturated carbocycles. The minimum atomic E-state index is -3.18. The molecular weight excluding hydrogens is 259 g/mol. The van der Waals surface area contributed by atoms with E-state index in [1.165, 1.54) is 24.3 Å². The normalized spacial score (nSPS) is 13.2. The van der Waals surface area contributed by atoms with Crippen LogP contribution in [0.15, 0.2) is 24.3 Å². The van der Waals surface area contributed by atoms with Gasteiger partial charge in [0.05, 0.1) is 11.7 Å². The standard InChI is InChI=1S/C12H15FO4S/c1-18(16,17)7-6-10(12(14)15)8-9-2-4-11(13)5-3-9/h2-5,10H,6-8H2,1H3,(H,14,15). The Kier molecular flexibility index (Phi) is 4.84. The van der Waals surface area contributed by atoms with Gasteiger partial charge in [-0.1, -0.05) is 12.1 Å². The summed E-state index contributed by atoms with van der Waals surface area (Å²) in [6, 6.07) is 5.52. The van der Waals surface area contributed by atoms with E-state index >= 15 is 0 Å². The zero-order chi connectivity index (χ0) is 13.8. The summed E-state index contributed by atoms with van der Waals surface area (Å²) in [4.78, 5) is 11.0. The monoisotopic (exact) mass is 274 g/mol. The molecule has 0 amide bonds. The maximum atomic E-state index is 12.7. The van der Waals surface area contributed by atoms with E-state index in [1.807, 2.05) is 0 Å². The van der Waals surface area contributed by atoms with Crippen molar-refractivity contribution in [2.75, 3.05) is 12.0 Å². The fourth-order valence-corrected chi connectivity index (χ4v) is 2.29. The zero-order valence-electron chi connectivity index (χ0n) is 9.97. The van der Waals surface area contributed by atoms with Crippen LogP contribution in [0.4, 0.5) is 4.39 Å². The summed E-state index contributed by atoms with van der Waals surface area (Å²) < 4.78 is 34.7. The summed E-state index contributed by atoms with van der Waals surface area (Å²) in [5.74, 6) is -2.36. The fraction of sp³-hybridized carbons (Fsp3) is 0.417. The number of carbonyl (C=O) groups is 1. The van der Waals surface area contributed by atoms with Gasteiger partial charge in [-0.25, -0.2) is 12.8 Å². The molecule has 100 valence electrons. The number of hydrogen-bond acceptors (Lipinski definition) is 3. The number of halogens is 1. The summed E-state index contributed by atoms with van der Waals surface area (Å²) in [5.41, 5.74) is 0.678. The van der Waals surface area contributed by atoms with Crippen LogP contribution >= 0.6 is 0 Å². The van der Waals surface area contributed by atoms with Gasteiger partial charge in [-0.15, -0.1) is 0 Å². The average Bonchev–Trinajstić information content (AvgIpc) is 2.25. The van der Waals surface area contributed by atoms with Crippen LogP contribution in [0.2, 0.25) is 0 Å². The number of carboxylic acid groups (broad SMARTS) is 1. The van der Waals surface area contributed by atoms with E-state index in [4.69, 9.17) is 5.11 Å².